The predicted octanol–water partition coefficient (Wildman–Crippen LogP) is -0.240. The summed E-state index contributed by atoms with van der Waals surface area (Å²) in [6, 6.07) is 2.03. The first kappa shape index (κ1) is 13.4. The van der Waals surface area contributed by atoms with Crippen LogP contribution >= 0.6 is 0 Å². The number of imide groups is 1. The maximum Gasteiger partial charge on any atom is 0.340 e. The number of primary amides is 1. The molecule has 5 N–H and O–H groups in total. The number of hydrogen-bond donors (Lipinski definition) is 3. The van der Waals surface area contributed by atoms with Crippen molar-refractivity contribution in [2.75, 3.05) is 12.3 Å². The van der Waals surface area contributed by atoms with Gasteiger partial charge < -0.3 is 16.2 Å². The molecule has 0 spiro atoms. The fourth-order valence-electron chi connectivity index (χ4n) is 1.10. The van der Waals surface area contributed by atoms with E-state index in [1.165, 1.54) is 0 Å². The predicted molar refractivity (Wildman–Crippen MR) is 58.8 cm³/mol. The molecule has 0 saturated heterocycles. The summed E-state index contributed by atoms with van der Waals surface area (Å²) < 4.78 is 17.3. The molecule has 0 radical (unpaired) electrons. The zero-order chi connectivity index (χ0) is 13.7. The molecule has 0 aromatic heterocycles. The lowest BCUT2D eigenvalue weighted by atomic mass is 10.2. The average Bonchev–Trinajstić information content (AvgIpc) is 2.25. The van der Waals surface area contributed by atoms with Crippen LogP contribution in [0.4, 0.5) is 14.9 Å². The molecule has 1 aromatic carbocycles. The third-order valence-corrected chi connectivity index (χ3v) is 1.83. The highest BCUT2D eigenvalue weighted by atomic mass is 19.1. The topological polar surface area (TPSA) is 125 Å². The lowest BCUT2D eigenvalue weighted by Crippen LogP contribution is -2.37. The number of carbonyl (C=O) groups excluding carboxylic acids is 3. The van der Waals surface area contributed by atoms with Crippen molar-refractivity contribution >= 4 is 23.6 Å². The van der Waals surface area contributed by atoms with Crippen LogP contribution in [0.25, 0.3) is 0 Å². The largest absolute Gasteiger partial charge is 0.452 e. The van der Waals surface area contributed by atoms with E-state index in [2.05, 4.69) is 10.5 Å². The molecule has 0 aliphatic carbocycles. The fourth-order valence-corrected chi connectivity index (χ4v) is 1.10. The van der Waals surface area contributed by atoms with Gasteiger partial charge in [-0.25, -0.2) is 14.0 Å². The number of ether oxygens (including phenoxy) is 1. The summed E-state index contributed by atoms with van der Waals surface area (Å²) in [6.07, 6.45) is 0. The summed E-state index contributed by atoms with van der Waals surface area (Å²) in [5.74, 6) is -2.39. The molecule has 7 nitrogen and oxygen atoms in total. The van der Waals surface area contributed by atoms with Crippen molar-refractivity contribution < 1.29 is 23.5 Å². The number of esters is 1. The van der Waals surface area contributed by atoms with Crippen LogP contribution in [-0.2, 0) is 9.53 Å². The minimum absolute atomic E-state index is 0.0803. The second-order valence-electron chi connectivity index (χ2n) is 3.22. The minimum Gasteiger partial charge on any atom is -0.452 e. The maximum atomic E-state index is 12.7. The lowest BCUT2D eigenvalue weighted by Gasteiger charge is -2.06. The molecule has 0 unspecified atom stereocenters. The van der Waals surface area contributed by atoms with Gasteiger partial charge in [-0.05, 0) is 18.2 Å². The Kier molecular flexibility index (Phi) is 4.19. The van der Waals surface area contributed by atoms with Crippen molar-refractivity contribution in [3.05, 3.63) is 29.6 Å². The van der Waals surface area contributed by atoms with Crippen LogP contribution in [0.5, 0.6) is 0 Å². The van der Waals surface area contributed by atoms with Gasteiger partial charge in [0, 0.05) is 5.69 Å². The molecule has 0 heterocycles. The van der Waals surface area contributed by atoms with E-state index < -0.39 is 30.3 Å². The van der Waals surface area contributed by atoms with Gasteiger partial charge in [0.2, 0.25) is 0 Å². The molecule has 3 amide bonds. The number of amides is 3. The Hall–Kier alpha value is -2.64. The highest BCUT2D eigenvalue weighted by Crippen LogP contribution is 2.14. The molecule has 0 saturated carbocycles. The third kappa shape index (κ3) is 3.74. The molecule has 0 atom stereocenters. The van der Waals surface area contributed by atoms with Crippen LogP contribution in [0.1, 0.15) is 10.4 Å². The van der Waals surface area contributed by atoms with Crippen LogP contribution in [-0.4, -0.2) is 24.5 Å². The Bertz CT molecular complexity index is 504. The van der Waals surface area contributed by atoms with Gasteiger partial charge in [0.25, 0.3) is 5.91 Å². The molecule has 18 heavy (non-hydrogen) atoms. The van der Waals surface area contributed by atoms with E-state index >= 15 is 0 Å². The standard InChI is InChI=1S/C10H10FN3O4/c11-5-1-2-6(7(12)3-5)9(16)18-4-8(15)14-10(13)17/h1-3H,4,12H2,(H3,13,14,15,17). The highest BCUT2D eigenvalue weighted by molar-refractivity contribution is 5.98. The Balaban J connectivity index is 2.60. The zero-order valence-corrected chi connectivity index (χ0v) is 9.10. The van der Waals surface area contributed by atoms with Crippen molar-refractivity contribution in [2.24, 2.45) is 5.73 Å². The van der Waals surface area contributed by atoms with Crippen molar-refractivity contribution in [1.29, 1.82) is 0 Å². The fraction of sp³-hybridized carbons (Fsp3) is 0.100. The van der Waals surface area contributed by atoms with Gasteiger partial charge in [0.15, 0.2) is 6.61 Å². The number of benzene rings is 1. The number of halogens is 1. The van der Waals surface area contributed by atoms with Crippen molar-refractivity contribution in [3.63, 3.8) is 0 Å². The average molecular weight is 255 g/mol. The van der Waals surface area contributed by atoms with Gasteiger partial charge in [0.1, 0.15) is 5.82 Å². The van der Waals surface area contributed by atoms with Gasteiger partial charge in [-0.1, -0.05) is 0 Å². The summed E-state index contributed by atoms with van der Waals surface area (Å²) in [5.41, 5.74) is 9.88. The molecule has 1 aromatic rings. The summed E-state index contributed by atoms with van der Waals surface area (Å²) in [7, 11) is 0. The number of urea groups is 1. The number of anilines is 1. The van der Waals surface area contributed by atoms with E-state index in [0.717, 1.165) is 18.2 Å². The third-order valence-electron chi connectivity index (χ3n) is 1.83. The lowest BCUT2D eigenvalue weighted by molar-refractivity contribution is -0.123. The first-order valence-electron chi connectivity index (χ1n) is 4.71. The number of nitrogen functional groups attached to an aromatic ring is 1. The number of carbonyl (C=O) groups is 3. The summed E-state index contributed by atoms with van der Waals surface area (Å²) >= 11 is 0. The van der Waals surface area contributed by atoms with E-state index in [-0.39, 0.29) is 11.3 Å². The maximum absolute atomic E-state index is 12.7. The van der Waals surface area contributed by atoms with Crippen molar-refractivity contribution in [2.45, 2.75) is 0 Å². The van der Waals surface area contributed by atoms with Gasteiger partial charge in [-0.2, -0.15) is 0 Å². The van der Waals surface area contributed by atoms with Gasteiger partial charge in [-0.15, -0.1) is 0 Å². The van der Waals surface area contributed by atoms with E-state index in [4.69, 9.17) is 5.73 Å². The Morgan fingerprint density at radius 3 is 2.56 bits per heavy atom. The quantitative estimate of drug-likeness (QED) is 0.507. The van der Waals surface area contributed by atoms with Crippen LogP contribution < -0.4 is 16.8 Å². The number of rotatable bonds is 3. The molecule has 8 heteroatoms. The smallest absolute Gasteiger partial charge is 0.340 e. The molecule has 1 rings (SSSR count). The molecule has 0 aliphatic heterocycles. The minimum atomic E-state index is -1.06. The van der Waals surface area contributed by atoms with Gasteiger partial charge >= 0.3 is 12.0 Å². The van der Waals surface area contributed by atoms with Crippen LogP contribution in [0.15, 0.2) is 18.2 Å². The number of hydrogen-bond acceptors (Lipinski definition) is 5. The van der Waals surface area contributed by atoms with E-state index in [0.29, 0.717) is 0 Å². The second kappa shape index (κ2) is 5.62. The molecule has 0 bridgehead atoms. The first-order valence-corrected chi connectivity index (χ1v) is 4.71. The van der Waals surface area contributed by atoms with Crippen LogP contribution in [0.2, 0.25) is 0 Å². The van der Waals surface area contributed by atoms with Gasteiger partial charge in [-0.3, -0.25) is 10.1 Å². The SMILES string of the molecule is NC(=O)NC(=O)COC(=O)c1ccc(F)cc1N. The molecule has 96 valence electrons. The van der Waals surface area contributed by atoms with Crippen molar-refractivity contribution in [1.82, 2.24) is 5.32 Å². The molecule has 0 fully saturated rings. The number of nitrogens with two attached hydrogens (primary N) is 2. The monoisotopic (exact) mass is 255 g/mol. The highest BCUT2D eigenvalue weighted by Gasteiger charge is 2.14. The molecular formula is C10H10FN3O4. The van der Waals surface area contributed by atoms with E-state index in [1.54, 1.807) is 5.32 Å². The summed E-state index contributed by atoms with van der Waals surface area (Å²) in [6.45, 7) is -0.696. The van der Waals surface area contributed by atoms with Crippen molar-refractivity contribution in [3.8, 4) is 0 Å². The Labute approximate surface area is 101 Å². The summed E-state index contributed by atoms with van der Waals surface area (Å²) in [5, 5.41) is 1.70. The normalized spacial score (nSPS) is 9.61. The first-order chi connectivity index (χ1) is 8.40. The second-order valence-corrected chi connectivity index (χ2v) is 3.22. The van der Waals surface area contributed by atoms with Crippen LogP contribution in [0.3, 0.4) is 0 Å². The van der Waals surface area contributed by atoms with Gasteiger partial charge in [0.05, 0.1) is 5.56 Å². The van der Waals surface area contributed by atoms with Crippen LogP contribution in [0, 0.1) is 5.82 Å². The van der Waals surface area contributed by atoms with E-state index in [9.17, 15) is 18.8 Å². The molecular weight excluding hydrogens is 245 g/mol. The Morgan fingerprint density at radius 1 is 1.33 bits per heavy atom. The molecule has 0 aliphatic rings. The number of nitrogens with one attached hydrogen (secondary N) is 1. The Morgan fingerprint density at radius 2 is 2.00 bits per heavy atom. The summed E-state index contributed by atoms with van der Waals surface area (Å²) in [4.78, 5) is 32.7. The van der Waals surface area contributed by atoms with E-state index in [1.807, 2.05) is 0 Å². The zero-order valence-electron chi connectivity index (χ0n) is 9.10.